The maximum absolute atomic E-state index is 13.0. The lowest BCUT2D eigenvalue weighted by Crippen LogP contribution is -2.46. The molecule has 9 heteroatoms. The van der Waals surface area contributed by atoms with Gasteiger partial charge in [0.25, 0.3) is 5.91 Å². The second-order valence-electron chi connectivity index (χ2n) is 9.14. The van der Waals surface area contributed by atoms with Crippen molar-refractivity contribution in [3.8, 4) is 0 Å². The number of fused-ring (bicyclic) bond motifs is 3. The quantitative estimate of drug-likeness (QED) is 0.276. The number of nitrogens with one attached hydrogen (secondary N) is 2. The van der Waals surface area contributed by atoms with E-state index in [-0.39, 0.29) is 11.7 Å². The van der Waals surface area contributed by atoms with Crippen LogP contribution in [0.1, 0.15) is 52.2 Å². The highest BCUT2D eigenvalue weighted by Gasteiger charge is 2.20. The molecule has 3 heterocycles. The molecule has 1 saturated heterocycles. The smallest absolute Gasteiger partial charge is 0.254 e. The van der Waals surface area contributed by atoms with Crippen molar-refractivity contribution < 1.29 is 9.59 Å². The van der Waals surface area contributed by atoms with Gasteiger partial charge in [-0.15, -0.1) is 10.2 Å². The Bertz CT molecular complexity index is 1380. The van der Waals surface area contributed by atoms with Crippen LogP contribution in [0.2, 0.25) is 0 Å². The minimum atomic E-state index is 0.0326. The van der Waals surface area contributed by atoms with Crippen molar-refractivity contribution in [1.82, 2.24) is 29.8 Å². The fourth-order valence-electron chi connectivity index (χ4n) is 4.64. The largest absolute Gasteiger partial charge is 0.367 e. The van der Waals surface area contributed by atoms with E-state index in [4.69, 9.17) is 4.98 Å². The number of piperazine rings is 1. The van der Waals surface area contributed by atoms with Crippen molar-refractivity contribution in [2.75, 3.05) is 38.0 Å². The molecule has 1 aliphatic heterocycles. The number of hydrogen-bond donors (Lipinski definition) is 2. The van der Waals surface area contributed by atoms with Gasteiger partial charge in [0.05, 0.1) is 11.0 Å². The number of carbonyl (C=O) groups is 2. The van der Waals surface area contributed by atoms with Crippen LogP contribution in [0.15, 0.2) is 48.5 Å². The number of aromatic nitrogens is 4. The molecule has 2 aromatic carbocycles. The monoisotopic (exact) mass is 485 g/mol. The molecule has 5 rings (SSSR count). The van der Waals surface area contributed by atoms with Crippen molar-refractivity contribution in [1.29, 1.82) is 0 Å². The molecule has 2 aromatic heterocycles. The predicted molar refractivity (Wildman–Crippen MR) is 140 cm³/mol. The lowest BCUT2D eigenvalue weighted by atomic mass is 10.0. The van der Waals surface area contributed by atoms with Crippen LogP contribution in [0.4, 0.5) is 5.82 Å². The summed E-state index contributed by atoms with van der Waals surface area (Å²) in [5.74, 6) is 1.64. The molecule has 1 fully saturated rings. The van der Waals surface area contributed by atoms with Gasteiger partial charge in [0, 0.05) is 50.3 Å². The summed E-state index contributed by atoms with van der Waals surface area (Å²) in [6.45, 7) is 5.66. The number of rotatable bonds is 9. The van der Waals surface area contributed by atoms with Crippen molar-refractivity contribution >= 4 is 34.2 Å². The fourth-order valence-corrected chi connectivity index (χ4v) is 4.64. The van der Waals surface area contributed by atoms with Gasteiger partial charge in [-0.3, -0.25) is 14.0 Å². The molecule has 1 aliphatic rings. The highest BCUT2D eigenvalue weighted by atomic mass is 16.2. The van der Waals surface area contributed by atoms with E-state index in [1.54, 1.807) is 0 Å². The SMILES string of the molecule is Cc1nnc2c(NCCCCCC(=O)c3ccccc3)nc3ccc(C(=O)N4CCNCC4)cc3n12. The minimum absolute atomic E-state index is 0.0326. The van der Waals surface area contributed by atoms with E-state index in [2.05, 4.69) is 20.8 Å². The molecule has 0 unspecified atom stereocenters. The van der Waals surface area contributed by atoms with Gasteiger partial charge < -0.3 is 15.5 Å². The van der Waals surface area contributed by atoms with Gasteiger partial charge >= 0.3 is 0 Å². The van der Waals surface area contributed by atoms with Crippen LogP contribution in [-0.4, -0.2) is 68.9 Å². The average molecular weight is 486 g/mol. The molecule has 0 radical (unpaired) electrons. The summed E-state index contributed by atoms with van der Waals surface area (Å²) in [6.07, 6.45) is 3.27. The Morgan fingerprint density at radius 1 is 0.972 bits per heavy atom. The van der Waals surface area contributed by atoms with Crippen LogP contribution in [0, 0.1) is 6.92 Å². The third-order valence-electron chi connectivity index (χ3n) is 6.61. The Balaban J connectivity index is 1.25. The van der Waals surface area contributed by atoms with Crippen LogP contribution >= 0.6 is 0 Å². The Kier molecular flexibility index (Phi) is 7.18. The van der Waals surface area contributed by atoms with E-state index in [1.807, 2.05) is 64.8 Å². The van der Waals surface area contributed by atoms with Gasteiger partial charge in [-0.25, -0.2) is 4.98 Å². The number of unbranched alkanes of at least 4 members (excludes halogenated alkanes) is 2. The molecule has 36 heavy (non-hydrogen) atoms. The normalized spacial score (nSPS) is 13.9. The average Bonchev–Trinajstić information content (AvgIpc) is 3.32. The summed E-state index contributed by atoms with van der Waals surface area (Å²) in [6, 6.07) is 15.1. The van der Waals surface area contributed by atoms with Crippen LogP contribution in [-0.2, 0) is 0 Å². The highest BCUT2D eigenvalue weighted by molar-refractivity contribution is 5.98. The van der Waals surface area contributed by atoms with Gasteiger partial charge in [0.2, 0.25) is 5.65 Å². The van der Waals surface area contributed by atoms with Gasteiger partial charge in [0.15, 0.2) is 11.6 Å². The lowest BCUT2D eigenvalue weighted by Gasteiger charge is -2.27. The van der Waals surface area contributed by atoms with Crippen molar-refractivity contribution in [3.63, 3.8) is 0 Å². The minimum Gasteiger partial charge on any atom is -0.367 e. The molecule has 9 nitrogen and oxygen atoms in total. The molecule has 1 amide bonds. The standard InChI is InChI=1S/C27H31N7O2/c1-19-31-32-26-25(29-13-7-3-6-10-24(35)20-8-4-2-5-9-20)30-22-12-11-21(18-23(22)34(19)26)27(36)33-16-14-28-15-17-33/h2,4-5,8-9,11-12,18,28H,3,6-7,10,13-17H2,1H3,(H,29,30). The zero-order valence-corrected chi connectivity index (χ0v) is 20.5. The van der Waals surface area contributed by atoms with E-state index < -0.39 is 0 Å². The Morgan fingerprint density at radius 2 is 1.78 bits per heavy atom. The second-order valence-corrected chi connectivity index (χ2v) is 9.14. The summed E-state index contributed by atoms with van der Waals surface area (Å²) in [7, 11) is 0. The van der Waals surface area contributed by atoms with Gasteiger partial charge in [-0.2, -0.15) is 0 Å². The number of amides is 1. The molecular weight excluding hydrogens is 454 g/mol. The zero-order chi connectivity index (χ0) is 24.9. The molecule has 186 valence electrons. The lowest BCUT2D eigenvalue weighted by molar-refractivity contribution is 0.0735. The number of ketones is 1. The van der Waals surface area contributed by atoms with E-state index in [0.717, 1.165) is 61.3 Å². The molecule has 4 aromatic rings. The topological polar surface area (TPSA) is 105 Å². The maximum atomic E-state index is 13.0. The van der Waals surface area contributed by atoms with Crippen molar-refractivity contribution in [3.05, 3.63) is 65.5 Å². The van der Waals surface area contributed by atoms with Crippen LogP contribution < -0.4 is 10.6 Å². The number of benzene rings is 2. The molecule has 0 aliphatic carbocycles. The van der Waals surface area contributed by atoms with Crippen molar-refractivity contribution in [2.45, 2.75) is 32.6 Å². The summed E-state index contributed by atoms with van der Waals surface area (Å²) in [5.41, 5.74) is 3.66. The number of anilines is 1. The third-order valence-corrected chi connectivity index (χ3v) is 6.61. The Labute approximate surface area is 209 Å². The van der Waals surface area contributed by atoms with E-state index >= 15 is 0 Å². The second kappa shape index (κ2) is 10.8. The first-order chi connectivity index (χ1) is 17.6. The molecule has 0 saturated carbocycles. The van der Waals surface area contributed by atoms with Gasteiger partial charge in [0.1, 0.15) is 5.82 Å². The predicted octanol–water partition coefficient (Wildman–Crippen LogP) is 3.49. The summed E-state index contributed by atoms with van der Waals surface area (Å²) in [5, 5.41) is 15.3. The molecule has 0 atom stereocenters. The highest BCUT2D eigenvalue weighted by Crippen LogP contribution is 2.23. The first-order valence-corrected chi connectivity index (χ1v) is 12.6. The Morgan fingerprint density at radius 3 is 2.58 bits per heavy atom. The third kappa shape index (κ3) is 5.06. The van der Waals surface area contributed by atoms with Gasteiger partial charge in [-0.1, -0.05) is 36.8 Å². The summed E-state index contributed by atoms with van der Waals surface area (Å²) in [4.78, 5) is 32.0. The molecular formula is C27H31N7O2. The molecule has 0 bridgehead atoms. The van der Waals surface area contributed by atoms with Crippen molar-refractivity contribution in [2.24, 2.45) is 0 Å². The number of hydrogen-bond acceptors (Lipinski definition) is 7. The first kappa shape index (κ1) is 23.9. The zero-order valence-electron chi connectivity index (χ0n) is 20.5. The van der Waals surface area contributed by atoms with Crippen LogP contribution in [0.5, 0.6) is 0 Å². The fraction of sp³-hybridized carbons (Fsp3) is 0.370. The molecule has 0 spiro atoms. The van der Waals surface area contributed by atoms with E-state index in [9.17, 15) is 9.59 Å². The number of Topliss-reactive ketones (excluding diaryl/α,β-unsaturated/α-hetero) is 1. The van der Waals surface area contributed by atoms with E-state index in [1.165, 1.54) is 0 Å². The summed E-state index contributed by atoms with van der Waals surface area (Å²) < 4.78 is 1.96. The number of aryl methyl sites for hydroxylation is 1. The first-order valence-electron chi connectivity index (χ1n) is 12.6. The number of carbonyl (C=O) groups excluding carboxylic acids is 2. The number of nitrogens with zero attached hydrogens (tertiary/aromatic N) is 5. The summed E-state index contributed by atoms with van der Waals surface area (Å²) >= 11 is 0. The van der Waals surface area contributed by atoms with Crippen LogP contribution in [0.3, 0.4) is 0 Å². The van der Waals surface area contributed by atoms with Crippen LogP contribution in [0.25, 0.3) is 16.7 Å². The van der Waals surface area contributed by atoms with Gasteiger partial charge in [-0.05, 0) is 38.0 Å². The molecule has 2 N–H and O–H groups in total. The maximum Gasteiger partial charge on any atom is 0.254 e. The Hall–Kier alpha value is -3.85. The van der Waals surface area contributed by atoms with E-state index in [0.29, 0.717) is 36.5 Å².